The van der Waals surface area contributed by atoms with Gasteiger partial charge in [0.15, 0.2) is 14.9 Å². The van der Waals surface area contributed by atoms with E-state index in [-0.39, 0.29) is 116 Å². The summed E-state index contributed by atoms with van der Waals surface area (Å²) in [4.78, 5) is 52.2. The van der Waals surface area contributed by atoms with Crippen molar-refractivity contribution in [3.8, 4) is 0 Å². The Hall–Kier alpha value is -8.49. The van der Waals surface area contributed by atoms with Gasteiger partial charge in [0, 0.05) is 64.3 Å². The molecular weight excluding hydrogens is 1420 g/mol. The number of carboxylic acid groups (broad SMARTS) is 4. The molecule has 30 heteroatoms. The van der Waals surface area contributed by atoms with Crippen LogP contribution in [-0.4, -0.2) is 126 Å². The number of halogens is 3. The number of pyridine rings is 2. The SMILES string of the molecule is O=C(O)C1CCC(CN(Cc2ccc(F)cc2)S(=O)(=O)c2ccccn2)CC1.O=C(O)C1CCC(CN(Cc2ccc(F)cc2)S(=O)(=O)c2cccnc2)CC1.O=C(O)C1CCC(CN(Cc2ccc(F)cc2)S(=O)(=O)c2cccs2)CC1.O=C(O)c1ccc(S(=O)(=O)CCc2ccco2)cc1. The van der Waals surface area contributed by atoms with Crippen molar-refractivity contribution in [3.63, 3.8) is 0 Å². The molecule has 0 atom stereocenters. The number of nitrogens with zero attached hydrogens (tertiary/aromatic N) is 5. The summed E-state index contributed by atoms with van der Waals surface area (Å²) in [5, 5.41) is 37.9. The van der Waals surface area contributed by atoms with Gasteiger partial charge in [0.05, 0.1) is 40.2 Å². The highest BCUT2D eigenvalue weighted by Crippen LogP contribution is 2.35. The number of sulfonamides is 3. The molecular formula is C72H80F3N5O17S5. The number of aryl methyl sites for hydroxylation is 1. The lowest BCUT2D eigenvalue weighted by Crippen LogP contribution is -2.37. The largest absolute Gasteiger partial charge is 0.481 e. The smallest absolute Gasteiger partial charge is 0.335 e. The molecule has 4 aromatic heterocycles. The molecule has 0 amide bonds. The summed E-state index contributed by atoms with van der Waals surface area (Å²) in [6.07, 6.45) is 13.4. The molecule has 102 heavy (non-hydrogen) atoms. The van der Waals surface area contributed by atoms with Crippen molar-refractivity contribution in [3.05, 3.63) is 227 Å². The van der Waals surface area contributed by atoms with Crippen LogP contribution in [0.4, 0.5) is 13.2 Å². The summed E-state index contributed by atoms with van der Waals surface area (Å²) in [6.45, 7) is 1.31. The highest BCUT2D eigenvalue weighted by atomic mass is 32.2. The standard InChI is InChI=1S/2C20H23FN2O4S.C19H22FNO4S2.C13H12O5S/c21-18-9-5-16(6-10-18)14-23(28(26,27)19-2-1-11-22-12-19)13-15-3-7-17(8-4-15)20(24)25;21-18-10-6-16(7-11-18)14-23(28(26,27)19-3-1-2-12-22-19)13-15-4-8-17(9-5-15)20(24)25;20-17-9-5-15(6-10-17)13-21(27(24,25)18-2-1-11-26-18)12-14-3-7-16(8-4-14)19(22)23;14-13(15)10-3-5-12(6-4-10)19(16,17)9-7-11-2-1-8-18-11/h1-2,5-6,9-12,15,17H,3-4,7-8,13-14H2,(H,24,25);1-3,6-7,10-12,15,17H,4-5,8-9,13-14H2,(H,24,25);1-2,5-6,9-11,14,16H,3-4,7-8,12-13H2,(H,22,23);1-6,8H,7,9H2,(H,14,15). The van der Waals surface area contributed by atoms with Crippen LogP contribution in [0.5, 0.6) is 0 Å². The second kappa shape index (κ2) is 37.1. The van der Waals surface area contributed by atoms with Gasteiger partial charge in [-0.1, -0.05) is 48.5 Å². The average molecular weight is 1500 g/mol. The number of rotatable bonds is 26. The van der Waals surface area contributed by atoms with Crippen LogP contribution in [0, 0.1) is 53.0 Å². The summed E-state index contributed by atoms with van der Waals surface area (Å²) in [6, 6.07) is 37.0. The summed E-state index contributed by atoms with van der Waals surface area (Å²) in [7, 11) is -14.7. The lowest BCUT2D eigenvalue weighted by atomic mass is 9.82. The number of sulfone groups is 1. The third-order valence-electron chi connectivity index (χ3n) is 18.1. The second-order valence-electron chi connectivity index (χ2n) is 25.2. The Morgan fingerprint density at radius 1 is 0.461 bits per heavy atom. The van der Waals surface area contributed by atoms with Crippen molar-refractivity contribution in [2.24, 2.45) is 35.5 Å². The Labute approximate surface area is 595 Å². The van der Waals surface area contributed by atoms with Gasteiger partial charge in [-0.05, 0) is 220 Å². The lowest BCUT2D eigenvalue weighted by molar-refractivity contribution is -0.144. The number of aromatic carboxylic acids is 1. The first kappa shape index (κ1) is 79.2. The molecule has 4 aromatic carbocycles. The quantitative estimate of drug-likeness (QED) is 0.0391. The van der Waals surface area contributed by atoms with Gasteiger partial charge in [0.2, 0.25) is 10.0 Å². The third-order valence-corrected chi connectivity index (χ3v) is 26.5. The second-order valence-corrected chi connectivity index (χ2v) is 34.3. The predicted molar refractivity (Wildman–Crippen MR) is 372 cm³/mol. The molecule has 22 nitrogen and oxygen atoms in total. The number of thiophene rings is 1. The molecule has 0 bridgehead atoms. The molecule has 4 N–H and O–H groups in total. The zero-order valence-corrected chi connectivity index (χ0v) is 59.5. The zero-order chi connectivity index (χ0) is 73.6. The van der Waals surface area contributed by atoms with Gasteiger partial charge in [0.1, 0.15) is 32.3 Å². The van der Waals surface area contributed by atoms with E-state index >= 15 is 0 Å². The van der Waals surface area contributed by atoms with E-state index in [0.717, 1.165) is 5.56 Å². The van der Waals surface area contributed by atoms with E-state index in [1.807, 2.05) is 0 Å². The zero-order valence-electron chi connectivity index (χ0n) is 55.4. The maximum absolute atomic E-state index is 13.2. The molecule has 8 aromatic rings. The molecule has 0 unspecified atom stereocenters. The lowest BCUT2D eigenvalue weighted by Gasteiger charge is -2.31. The van der Waals surface area contributed by atoms with E-state index < -0.39 is 63.8 Å². The number of carboxylic acids is 4. The van der Waals surface area contributed by atoms with E-state index in [1.165, 1.54) is 122 Å². The molecule has 3 saturated carbocycles. The van der Waals surface area contributed by atoms with Crippen molar-refractivity contribution in [1.29, 1.82) is 0 Å². The van der Waals surface area contributed by atoms with Crippen molar-refractivity contribution < 1.29 is 90.9 Å². The van der Waals surface area contributed by atoms with Gasteiger partial charge in [-0.15, -0.1) is 11.3 Å². The van der Waals surface area contributed by atoms with Crippen LogP contribution in [0.3, 0.4) is 0 Å². The maximum atomic E-state index is 13.2. The van der Waals surface area contributed by atoms with E-state index in [0.29, 0.717) is 107 Å². The third kappa shape index (κ3) is 23.3. The highest BCUT2D eigenvalue weighted by Gasteiger charge is 2.36. The highest BCUT2D eigenvalue weighted by molar-refractivity contribution is 7.91. The molecule has 546 valence electrons. The number of furan rings is 1. The van der Waals surface area contributed by atoms with Crippen LogP contribution >= 0.6 is 11.3 Å². The first-order valence-electron chi connectivity index (χ1n) is 32.9. The van der Waals surface area contributed by atoms with Crippen LogP contribution < -0.4 is 0 Å². The van der Waals surface area contributed by atoms with E-state index in [4.69, 9.17) is 24.8 Å². The van der Waals surface area contributed by atoms with Gasteiger partial charge in [0.25, 0.3) is 20.0 Å². The molecule has 3 aliphatic rings. The van der Waals surface area contributed by atoms with Crippen molar-refractivity contribution in [2.45, 2.75) is 122 Å². The first-order chi connectivity index (χ1) is 48.6. The van der Waals surface area contributed by atoms with Gasteiger partial charge in [-0.2, -0.15) is 12.9 Å². The van der Waals surface area contributed by atoms with Crippen LogP contribution in [0.25, 0.3) is 0 Å². The number of aliphatic carboxylic acids is 3. The van der Waals surface area contributed by atoms with E-state index in [2.05, 4.69) is 9.97 Å². The Morgan fingerprint density at radius 3 is 1.26 bits per heavy atom. The molecule has 4 heterocycles. The fourth-order valence-corrected chi connectivity index (χ4v) is 19.0. The van der Waals surface area contributed by atoms with Crippen LogP contribution in [0.1, 0.15) is 110 Å². The molecule has 0 spiro atoms. The molecule has 11 rings (SSSR count). The summed E-state index contributed by atoms with van der Waals surface area (Å²) < 4.78 is 152. The van der Waals surface area contributed by atoms with Gasteiger partial charge in [-0.3, -0.25) is 19.4 Å². The molecule has 3 fully saturated rings. The first-order valence-corrected chi connectivity index (χ1v) is 39.8. The minimum atomic E-state index is -3.83. The Bertz CT molecular complexity index is 4300. The van der Waals surface area contributed by atoms with Crippen LogP contribution in [-0.2, 0) is 80.3 Å². The van der Waals surface area contributed by atoms with E-state index in [1.54, 1.807) is 84.2 Å². The number of aromatic nitrogens is 2. The normalized spacial score (nSPS) is 18.7. The topological polar surface area (TPSA) is 334 Å². The minimum Gasteiger partial charge on any atom is -0.481 e. The number of benzene rings is 4. The Kier molecular flexibility index (Phi) is 28.8. The van der Waals surface area contributed by atoms with Gasteiger partial charge >= 0.3 is 23.9 Å². The average Bonchev–Trinajstić information content (AvgIpc) is 1.14. The predicted octanol–water partition coefficient (Wildman–Crippen LogP) is 12.6. The van der Waals surface area contributed by atoms with Crippen molar-refractivity contribution >= 4 is 75.1 Å². The monoisotopic (exact) mass is 1500 g/mol. The Balaban J connectivity index is 0.000000174. The molecule has 3 aliphatic carbocycles. The minimum absolute atomic E-state index is 0.0312. The fourth-order valence-electron chi connectivity index (χ4n) is 12.2. The van der Waals surface area contributed by atoms with Gasteiger partial charge < -0.3 is 24.8 Å². The number of carbonyl (C=O) groups is 4. The summed E-state index contributed by atoms with van der Waals surface area (Å²) >= 11 is 1.17. The molecule has 0 aliphatic heterocycles. The number of hydrogen-bond acceptors (Lipinski definition) is 16. The summed E-state index contributed by atoms with van der Waals surface area (Å²) in [5.41, 5.74) is 2.15. The van der Waals surface area contributed by atoms with Gasteiger partial charge in [-0.25, -0.2) is 56.6 Å². The molecule has 0 radical (unpaired) electrons. The van der Waals surface area contributed by atoms with Crippen molar-refractivity contribution in [1.82, 2.24) is 22.9 Å². The molecule has 0 saturated heterocycles. The van der Waals surface area contributed by atoms with Crippen molar-refractivity contribution in [2.75, 3.05) is 25.4 Å². The number of hydrogen-bond donors (Lipinski definition) is 4. The Morgan fingerprint density at radius 2 is 0.902 bits per heavy atom. The summed E-state index contributed by atoms with van der Waals surface area (Å²) in [5.74, 6) is -4.78. The van der Waals surface area contributed by atoms with Crippen LogP contribution in [0.15, 0.2) is 205 Å². The maximum Gasteiger partial charge on any atom is 0.335 e. The van der Waals surface area contributed by atoms with E-state index in [9.17, 15) is 66.0 Å². The van der Waals surface area contributed by atoms with Crippen LogP contribution in [0.2, 0.25) is 0 Å². The fraction of sp³-hybridized carbons (Fsp3) is 0.361.